The van der Waals surface area contributed by atoms with Gasteiger partial charge in [-0.1, -0.05) is 0 Å². The number of carbonyl (C=O) groups excluding carboxylic acids is 2. The molecule has 144 valence electrons. The first-order chi connectivity index (χ1) is 12.9. The molecule has 1 saturated carbocycles. The highest BCUT2D eigenvalue weighted by Gasteiger charge is 2.53. The number of carbonyl (C=O) groups is 2. The highest BCUT2D eigenvalue weighted by molar-refractivity contribution is 5.95. The van der Waals surface area contributed by atoms with Crippen LogP contribution in [0.1, 0.15) is 48.8 Å². The number of likely N-dealkylation sites (tertiary alicyclic amines) is 1. The zero-order chi connectivity index (χ0) is 19.2. The predicted octanol–water partition coefficient (Wildman–Crippen LogP) is 1.33. The van der Waals surface area contributed by atoms with Gasteiger partial charge in [-0.2, -0.15) is 0 Å². The van der Waals surface area contributed by atoms with Gasteiger partial charge in [-0.15, -0.1) is 0 Å². The molecule has 2 amide bonds. The average molecular weight is 371 g/mol. The molecule has 8 nitrogen and oxygen atoms in total. The second-order valence-electron chi connectivity index (χ2n) is 7.54. The predicted molar refractivity (Wildman–Crippen MR) is 98.4 cm³/mol. The standard InChI is InChI=1S/C19H25N5O3/c1-12-16(24-9-4-8-20-18(24)21-12)17(26)23-10-7-19(27-3)6-5-14(11-15(19)23)22-13(2)25/h4,8-9,14-15H,5-7,10-11H2,1-3H3,(H,22,25)/t14-,15+,19-/m1/s1. The summed E-state index contributed by atoms with van der Waals surface area (Å²) in [6, 6.07) is 1.79. The number of rotatable bonds is 3. The monoisotopic (exact) mass is 371 g/mol. The summed E-state index contributed by atoms with van der Waals surface area (Å²) in [5, 5.41) is 3.01. The van der Waals surface area contributed by atoms with E-state index >= 15 is 0 Å². The van der Waals surface area contributed by atoms with E-state index in [1.54, 1.807) is 23.8 Å². The minimum atomic E-state index is -0.336. The Kier molecular flexibility index (Phi) is 4.38. The van der Waals surface area contributed by atoms with Gasteiger partial charge in [0.2, 0.25) is 11.7 Å². The molecule has 2 aromatic rings. The smallest absolute Gasteiger partial charge is 0.273 e. The molecule has 8 heteroatoms. The topological polar surface area (TPSA) is 88.8 Å². The fraction of sp³-hybridized carbons (Fsp3) is 0.579. The van der Waals surface area contributed by atoms with Gasteiger partial charge in [0.1, 0.15) is 5.69 Å². The van der Waals surface area contributed by atoms with Crippen molar-refractivity contribution in [1.29, 1.82) is 0 Å². The van der Waals surface area contributed by atoms with Crippen LogP contribution < -0.4 is 5.32 Å². The van der Waals surface area contributed by atoms with Gasteiger partial charge in [-0.25, -0.2) is 9.97 Å². The van der Waals surface area contributed by atoms with Crippen LogP contribution in [0.15, 0.2) is 18.5 Å². The van der Waals surface area contributed by atoms with Crippen molar-refractivity contribution in [3.63, 3.8) is 0 Å². The van der Waals surface area contributed by atoms with E-state index in [9.17, 15) is 9.59 Å². The fourth-order valence-electron chi connectivity index (χ4n) is 4.75. The van der Waals surface area contributed by atoms with Crippen molar-refractivity contribution in [3.05, 3.63) is 29.8 Å². The molecule has 0 bridgehead atoms. The lowest BCUT2D eigenvalue weighted by atomic mass is 9.78. The summed E-state index contributed by atoms with van der Waals surface area (Å²) in [4.78, 5) is 35.5. The molecule has 0 spiro atoms. The molecule has 27 heavy (non-hydrogen) atoms. The number of aromatic nitrogens is 3. The Labute approximate surface area is 157 Å². The molecule has 1 aliphatic heterocycles. The largest absolute Gasteiger partial charge is 0.376 e. The molecule has 2 aromatic heterocycles. The van der Waals surface area contributed by atoms with Crippen LogP contribution in [0.5, 0.6) is 0 Å². The van der Waals surface area contributed by atoms with Crippen molar-refractivity contribution >= 4 is 17.6 Å². The van der Waals surface area contributed by atoms with Gasteiger partial charge in [0.15, 0.2) is 0 Å². The molecule has 2 aliphatic rings. The van der Waals surface area contributed by atoms with Gasteiger partial charge in [0.05, 0.1) is 17.3 Å². The minimum absolute atomic E-state index is 0.0375. The van der Waals surface area contributed by atoms with Crippen LogP contribution in [-0.2, 0) is 9.53 Å². The van der Waals surface area contributed by atoms with E-state index < -0.39 is 0 Å². The molecule has 4 rings (SSSR count). The second-order valence-corrected chi connectivity index (χ2v) is 7.54. The zero-order valence-corrected chi connectivity index (χ0v) is 15.9. The molecular weight excluding hydrogens is 346 g/mol. The number of methoxy groups -OCH3 is 1. The van der Waals surface area contributed by atoms with Crippen LogP contribution in [0.4, 0.5) is 0 Å². The lowest BCUT2D eigenvalue weighted by molar-refractivity contribution is -0.121. The van der Waals surface area contributed by atoms with Crippen LogP contribution in [0, 0.1) is 6.92 Å². The van der Waals surface area contributed by atoms with E-state index in [0.29, 0.717) is 30.1 Å². The van der Waals surface area contributed by atoms with Crippen molar-refractivity contribution in [2.45, 2.75) is 57.2 Å². The lowest BCUT2D eigenvalue weighted by Crippen LogP contribution is -2.55. The number of fused-ring (bicyclic) bond motifs is 2. The summed E-state index contributed by atoms with van der Waals surface area (Å²) in [5.74, 6) is 0.431. The summed E-state index contributed by atoms with van der Waals surface area (Å²) < 4.78 is 7.68. The normalized spacial score (nSPS) is 27.6. The number of aryl methyl sites for hydroxylation is 1. The average Bonchev–Trinajstić information content (AvgIpc) is 3.18. The molecule has 0 aromatic carbocycles. The molecule has 1 saturated heterocycles. The third-order valence-electron chi connectivity index (χ3n) is 6.04. The van der Waals surface area contributed by atoms with Gasteiger partial charge in [0, 0.05) is 39.0 Å². The maximum Gasteiger partial charge on any atom is 0.273 e. The summed E-state index contributed by atoms with van der Waals surface area (Å²) in [6.07, 6.45) is 6.69. The first kappa shape index (κ1) is 17.9. The quantitative estimate of drug-likeness (QED) is 0.879. The van der Waals surface area contributed by atoms with Crippen molar-refractivity contribution in [1.82, 2.24) is 24.6 Å². The molecular formula is C19H25N5O3. The zero-order valence-electron chi connectivity index (χ0n) is 15.9. The molecule has 3 atom stereocenters. The van der Waals surface area contributed by atoms with Crippen LogP contribution in [-0.4, -0.2) is 62.4 Å². The summed E-state index contributed by atoms with van der Waals surface area (Å²) in [5.41, 5.74) is 0.881. The van der Waals surface area contributed by atoms with E-state index in [1.807, 2.05) is 18.0 Å². The molecule has 0 unspecified atom stereocenters. The molecule has 1 aliphatic carbocycles. The molecule has 1 N–H and O–H groups in total. The third kappa shape index (κ3) is 2.88. The van der Waals surface area contributed by atoms with E-state index in [2.05, 4.69) is 15.3 Å². The molecule has 3 heterocycles. The van der Waals surface area contributed by atoms with Crippen LogP contribution in [0.25, 0.3) is 5.78 Å². The number of nitrogens with one attached hydrogen (secondary N) is 1. The summed E-state index contributed by atoms with van der Waals surface area (Å²) >= 11 is 0. The Hall–Kier alpha value is -2.48. The highest BCUT2D eigenvalue weighted by atomic mass is 16.5. The number of amides is 2. The minimum Gasteiger partial charge on any atom is -0.376 e. The lowest BCUT2D eigenvalue weighted by Gasteiger charge is -2.43. The SMILES string of the molecule is CO[C@@]12CC[C@@H](NC(C)=O)C[C@@H]1N(C(=O)c1c(C)nc3ncccn13)CC2. The number of hydrogen-bond donors (Lipinski definition) is 1. The first-order valence-corrected chi connectivity index (χ1v) is 9.38. The Morgan fingerprint density at radius 1 is 1.37 bits per heavy atom. The van der Waals surface area contributed by atoms with Crippen molar-refractivity contribution in [3.8, 4) is 0 Å². The van der Waals surface area contributed by atoms with Crippen LogP contribution in [0.2, 0.25) is 0 Å². The number of nitrogens with zero attached hydrogens (tertiary/aromatic N) is 4. The van der Waals surface area contributed by atoms with Gasteiger partial charge >= 0.3 is 0 Å². The van der Waals surface area contributed by atoms with E-state index in [1.165, 1.54) is 6.92 Å². The second kappa shape index (κ2) is 6.60. The van der Waals surface area contributed by atoms with Gasteiger partial charge in [-0.3, -0.25) is 14.0 Å². The summed E-state index contributed by atoms with van der Waals surface area (Å²) in [7, 11) is 1.73. The number of ether oxygens (including phenoxy) is 1. The van der Waals surface area contributed by atoms with Crippen molar-refractivity contribution < 1.29 is 14.3 Å². The fourth-order valence-corrected chi connectivity index (χ4v) is 4.75. The van der Waals surface area contributed by atoms with Gasteiger partial charge in [-0.05, 0) is 38.7 Å². The Morgan fingerprint density at radius 2 is 2.19 bits per heavy atom. The number of imidazole rings is 1. The highest BCUT2D eigenvalue weighted by Crippen LogP contribution is 2.43. The Balaban J connectivity index is 1.67. The Bertz CT molecular complexity index is 895. The van der Waals surface area contributed by atoms with Gasteiger partial charge < -0.3 is 15.0 Å². The molecule has 0 radical (unpaired) electrons. The first-order valence-electron chi connectivity index (χ1n) is 9.38. The third-order valence-corrected chi connectivity index (χ3v) is 6.04. The number of hydrogen-bond acceptors (Lipinski definition) is 5. The van der Waals surface area contributed by atoms with E-state index in [-0.39, 0.29) is 29.5 Å². The van der Waals surface area contributed by atoms with Crippen molar-refractivity contribution in [2.24, 2.45) is 0 Å². The van der Waals surface area contributed by atoms with Crippen molar-refractivity contribution in [2.75, 3.05) is 13.7 Å². The van der Waals surface area contributed by atoms with Gasteiger partial charge in [0.25, 0.3) is 5.91 Å². The maximum absolute atomic E-state index is 13.5. The van der Waals surface area contributed by atoms with Crippen LogP contribution in [0.3, 0.4) is 0 Å². The van der Waals surface area contributed by atoms with E-state index in [4.69, 9.17) is 4.74 Å². The summed E-state index contributed by atoms with van der Waals surface area (Å²) in [6.45, 7) is 4.00. The van der Waals surface area contributed by atoms with Crippen LogP contribution >= 0.6 is 0 Å². The maximum atomic E-state index is 13.5. The molecule has 2 fully saturated rings. The Morgan fingerprint density at radius 3 is 2.93 bits per heavy atom. The van der Waals surface area contributed by atoms with E-state index in [0.717, 1.165) is 19.3 Å².